The molecule has 0 fully saturated rings. The molecule has 124 valence electrons. The van der Waals surface area contributed by atoms with Crippen LogP contribution in [0.4, 0.5) is 13.2 Å². The third kappa shape index (κ3) is 2.92. The second-order valence-electron chi connectivity index (χ2n) is 4.93. The minimum absolute atomic E-state index is 0.0185. The molecule has 0 saturated carbocycles. The van der Waals surface area contributed by atoms with Gasteiger partial charge in [0.1, 0.15) is 29.5 Å². The van der Waals surface area contributed by atoms with Gasteiger partial charge in [0, 0.05) is 12.1 Å². The molecule has 0 aliphatic heterocycles. The summed E-state index contributed by atoms with van der Waals surface area (Å²) in [4.78, 5) is 11.2. The molecule has 7 heteroatoms. The fourth-order valence-corrected chi connectivity index (χ4v) is 2.17. The Bertz CT molecular complexity index is 949. The van der Waals surface area contributed by atoms with Crippen LogP contribution in [0.15, 0.2) is 45.6 Å². The molecule has 0 atom stereocenters. The third-order valence-electron chi connectivity index (χ3n) is 3.39. The predicted molar refractivity (Wildman–Crippen MR) is 79.7 cm³/mol. The van der Waals surface area contributed by atoms with Gasteiger partial charge < -0.3 is 13.9 Å². The van der Waals surface area contributed by atoms with Crippen molar-refractivity contribution in [2.75, 3.05) is 7.11 Å². The van der Waals surface area contributed by atoms with Gasteiger partial charge in [0.2, 0.25) is 5.82 Å². The Balaban J connectivity index is 1.90. The quantitative estimate of drug-likeness (QED) is 0.680. The van der Waals surface area contributed by atoms with Crippen LogP contribution in [0.1, 0.15) is 5.56 Å². The van der Waals surface area contributed by atoms with Gasteiger partial charge in [-0.15, -0.1) is 0 Å². The standard InChI is InChI=1S/C17H11F3O4/c1-22-10-4-2-9(3-5-10)8-23-11-6-12(18)14-13(7-11)24-17(21)16(20)15(14)19/h2-7H,8H2,1H3. The van der Waals surface area contributed by atoms with E-state index in [2.05, 4.69) is 4.42 Å². The van der Waals surface area contributed by atoms with Crippen LogP contribution in [0.25, 0.3) is 11.0 Å². The molecule has 0 radical (unpaired) electrons. The van der Waals surface area contributed by atoms with Gasteiger partial charge in [0.15, 0.2) is 5.82 Å². The van der Waals surface area contributed by atoms with Crippen molar-refractivity contribution in [2.45, 2.75) is 6.61 Å². The molecule has 0 aliphatic carbocycles. The fourth-order valence-electron chi connectivity index (χ4n) is 2.17. The molecule has 1 heterocycles. The molecule has 0 amide bonds. The van der Waals surface area contributed by atoms with E-state index in [1.165, 1.54) is 0 Å². The zero-order chi connectivity index (χ0) is 17.3. The molecule has 0 unspecified atom stereocenters. The van der Waals surface area contributed by atoms with E-state index >= 15 is 0 Å². The van der Waals surface area contributed by atoms with Crippen molar-refractivity contribution < 1.29 is 27.1 Å². The molecule has 3 aromatic rings. The lowest BCUT2D eigenvalue weighted by Gasteiger charge is -2.09. The first-order chi connectivity index (χ1) is 11.5. The lowest BCUT2D eigenvalue weighted by atomic mass is 10.2. The van der Waals surface area contributed by atoms with E-state index in [0.29, 0.717) is 5.75 Å². The summed E-state index contributed by atoms with van der Waals surface area (Å²) in [6.45, 7) is 0.100. The van der Waals surface area contributed by atoms with Crippen LogP contribution in [0.5, 0.6) is 11.5 Å². The van der Waals surface area contributed by atoms with Crippen molar-refractivity contribution in [3.8, 4) is 11.5 Å². The number of rotatable bonds is 4. The summed E-state index contributed by atoms with van der Waals surface area (Å²) in [5.74, 6) is -3.73. The van der Waals surface area contributed by atoms with E-state index < -0.39 is 34.0 Å². The van der Waals surface area contributed by atoms with Crippen LogP contribution >= 0.6 is 0 Å². The number of benzene rings is 2. The molecular weight excluding hydrogens is 325 g/mol. The molecule has 2 aromatic carbocycles. The van der Waals surface area contributed by atoms with E-state index in [1.54, 1.807) is 31.4 Å². The normalized spacial score (nSPS) is 10.8. The van der Waals surface area contributed by atoms with Crippen molar-refractivity contribution in [3.05, 3.63) is 69.8 Å². The zero-order valence-corrected chi connectivity index (χ0v) is 12.4. The van der Waals surface area contributed by atoms with E-state index in [0.717, 1.165) is 17.7 Å². The average molecular weight is 336 g/mol. The highest BCUT2D eigenvalue weighted by atomic mass is 19.2. The predicted octanol–water partition coefficient (Wildman–Crippen LogP) is 3.80. The minimum atomic E-state index is -1.76. The number of halogens is 3. The van der Waals surface area contributed by atoms with E-state index in [4.69, 9.17) is 9.47 Å². The topological polar surface area (TPSA) is 48.7 Å². The number of ether oxygens (including phenoxy) is 2. The van der Waals surface area contributed by atoms with E-state index in [-0.39, 0.29) is 12.4 Å². The Kier molecular flexibility index (Phi) is 4.16. The Hall–Kier alpha value is -2.96. The fraction of sp³-hybridized carbons (Fsp3) is 0.118. The summed E-state index contributed by atoms with van der Waals surface area (Å²) in [5, 5.41) is -0.733. The van der Waals surface area contributed by atoms with Gasteiger partial charge in [0.05, 0.1) is 12.5 Å². The number of hydrogen-bond donors (Lipinski definition) is 0. The van der Waals surface area contributed by atoms with E-state index in [9.17, 15) is 18.0 Å². The van der Waals surface area contributed by atoms with Gasteiger partial charge in [-0.1, -0.05) is 12.1 Å². The summed E-state index contributed by atoms with van der Waals surface area (Å²) in [7, 11) is 1.54. The zero-order valence-electron chi connectivity index (χ0n) is 12.4. The summed E-state index contributed by atoms with van der Waals surface area (Å²) in [6.07, 6.45) is 0. The van der Waals surface area contributed by atoms with Gasteiger partial charge in [-0.05, 0) is 17.7 Å². The monoisotopic (exact) mass is 336 g/mol. The molecular formula is C17H11F3O4. The van der Waals surface area contributed by atoms with Gasteiger partial charge in [0.25, 0.3) is 0 Å². The first-order valence-corrected chi connectivity index (χ1v) is 6.86. The van der Waals surface area contributed by atoms with Crippen LogP contribution < -0.4 is 15.1 Å². The van der Waals surface area contributed by atoms with Crippen molar-refractivity contribution >= 4 is 11.0 Å². The lowest BCUT2D eigenvalue weighted by Crippen LogP contribution is -2.08. The third-order valence-corrected chi connectivity index (χ3v) is 3.39. The first-order valence-electron chi connectivity index (χ1n) is 6.86. The SMILES string of the molecule is COc1ccc(COc2cc(F)c3c(F)c(F)c(=O)oc3c2)cc1. The highest BCUT2D eigenvalue weighted by Gasteiger charge is 2.19. The molecule has 0 spiro atoms. The summed E-state index contributed by atoms with van der Waals surface area (Å²) < 4.78 is 55.8. The van der Waals surface area contributed by atoms with Crippen LogP contribution in [0, 0.1) is 17.5 Å². The molecule has 0 bridgehead atoms. The lowest BCUT2D eigenvalue weighted by molar-refractivity contribution is 0.304. The summed E-state index contributed by atoms with van der Waals surface area (Å²) in [5.41, 5.74) is -1.15. The van der Waals surface area contributed by atoms with Gasteiger partial charge in [-0.2, -0.15) is 4.39 Å². The Labute approximate surface area is 134 Å². The molecule has 0 N–H and O–H groups in total. The molecule has 0 saturated heterocycles. The first kappa shape index (κ1) is 15.9. The van der Waals surface area contributed by atoms with Crippen LogP contribution in [-0.2, 0) is 6.61 Å². The van der Waals surface area contributed by atoms with Gasteiger partial charge in [-0.25, -0.2) is 13.6 Å². The number of hydrogen-bond acceptors (Lipinski definition) is 4. The van der Waals surface area contributed by atoms with Crippen molar-refractivity contribution in [2.24, 2.45) is 0 Å². The van der Waals surface area contributed by atoms with Crippen molar-refractivity contribution in [1.29, 1.82) is 0 Å². The maximum Gasteiger partial charge on any atom is 0.375 e. The van der Waals surface area contributed by atoms with Gasteiger partial charge >= 0.3 is 5.63 Å². The molecule has 4 nitrogen and oxygen atoms in total. The maximum atomic E-state index is 14.0. The maximum absolute atomic E-state index is 14.0. The molecule has 1 aromatic heterocycles. The smallest absolute Gasteiger partial charge is 0.375 e. The number of methoxy groups -OCH3 is 1. The van der Waals surface area contributed by atoms with Crippen LogP contribution in [-0.4, -0.2) is 7.11 Å². The number of fused-ring (bicyclic) bond motifs is 1. The van der Waals surface area contributed by atoms with Crippen LogP contribution in [0.2, 0.25) is 0 Å². The second-order valence-corrected chi connectivity index (χ2v) is 4.93. The molecule has 3 rings (SSSR count). The van der Waals surface area contributed by atoms with Crippen molar-refractivity contribution in [1.82, 2.24) is 0 Å². The molecule has 0 aliphatic rings. The van der Waals surface area contributed by atoms with Gasteiger partial charge in [-0.3, -0.25) is 0 Å². The van der Waals surface area contributed by atoms with Crippen molar-refractivity contribution in [3.63, 3.8) is 0 Å². The summed E-state index contributed by atoms with van der Waals surface area (Å²) in [6, 6.07) is 9.00. The highest BCUT2D eigenvalue weighted by Crippen LogP contribution is 2.27. The Morgan fingerprint density at radius 1 is 1.00 bits per heavy atom. The highest BCUT2D eigenvalue weighted by molar-refractivity contribution is 5.79. The Morgan fingerprint density at radius 2 is 1.71 bits per heavy atom. The second kappa shape index (κ2) is 6.27. The Morgan fingerprint density at radius 3 is 2.38 bits per heavy atom. The van der Waals surface area contributed by atoms with Crippen LogP contribution in [0.3, 0.4) is 0 Å². The average Bonchev–Trinajstić information content (AvgIpc) is 2.58. The largest absolute Gasteiger partial charge is 0.497 e. The van der Waals surface area contributed by atoms with E-state index in [1.807, 2.05) is 0 Å². The molecule has 24 heavy (non-hydrogen) atoms. The minimum Gasteiger partial charge on any atom is -0.497 e. The summed E-state index contributed by atoms with van der Waals surface area (Å²) >= 11 is 0.